The summed E-state index contributed by atoms with van der Waals surface area (Å²) in [6, 6.07) is 6.84. The van der Waals surface area contributed by atoms with Gasteiger partial charge in [0.1, 0.15) is 11.6 Å². The second kappa shape index (κ2) is 8.16. The quantitative estimate of drug-likeness (QED) is 0.479. The van der Waals surface area contributed by atoms with E-state index in [0.717, 1.165) is 0 Å². The van der Waals surface area contributed by atoms with E-state index >= 15 is 0 Å². The summed E-state index contributed by atoms with van der Waals surface area (Å²) >= 11 is 12.0. The molecule has 0 aliphatic heterocycles. The fourth-order valence-electron chi connectivity index (χ4n) is 2.72. The van der Waals surface area contributed by atoms with Gasteiger partial charge in [-0.3, -0.25) is 14.5 Å². The van der Waals surface area contributed by atoms with Crippen molar-refractivity contribution in [2.75, 3.05) is 0 Å². The Morgan fingerprint density at radius 3 is 2.76 bits per heavy atom. The smallest absolute Gasteiger partial charge is 0.273 e. The van der Waals surface area contributed by atoms with Gasteiger partial charge in [0.05, 0.1) is 24.3 Å². The zero-order chi connectivity index (χ0) is 20.4. The van der Waals surface area contributed by atoms with Gasteiger partial charge in [-0.1, -0.05) is 40.5 Å². The maximum atomic E-state index is 12.5. The molecule has 1 aromatic carbocycles. The number of benzene rings is 1. The van der Waals surface area contributed by atoms with Crippen molar-refractivity contribution in [3.63, 3.8) is 0 Å². The summed E-state index contributed by atoms with van der Waals surface area (Å²) in [6.07, 6.45) is 3.80. The number of H-pyrrole nitrogens is 1. The normalized spacial score (nSPS) is 12.2. The van der Waals surface area contributed by atoms with Crippen LogP contribution in [0.4, 0.5) is 0 Å². The molecular formula is C18H14Cl2N6O3. The molecule has 0 fully saturated rings. The van der Waals surface area contributed by atoms with Crippen molar-refractivity contribution >= 4 is 23.2 Å². The van der Waals surface area contributed by atoms with Gasteiger partial charge < -0.3 is 9.63 Å². The SMILES string of the molecule is O=c1c(Cl)c(-c2cn[nH]c2)ncn1Cc1nc(CC(O)c2ccc(Cl)cc2)no1. The molecule has 148 valence electrons. The first-order valence-electron chi connectivity index (χ1n) is 8.50. The molecule has 2 N–H and O–H groups in total. The fourth-order valence-corrected chi connectivity index (χ4v) is 3.11. The van der Waals surface area contributed by atoms with E-state index in [1.54, 1.807) is 30.5 Å². The highest BCUT2D eigenvalue weighted by Gasteiger charge is 2.16. The van der Waals surface area contributed by atoms with Gasteiger partial charge in [-0.25, -0.2) is 4.98 Å². The average molecular weight is 433 g/mol. The molecule has 0 bridgehead atoms. The predicted molar refractivity (Wildman–Crippen MR) is 105 cm³/mol. The van der Waals surface area contributed by atoms with Crippen molar-refractivity contribution in [2.45, 2.75) is 19.1 Å². The number of nitrogens with one attached hydrogen (secondary N) is 1. The number of hydrogen-bond acceptors (Lipinski definition) is 7. The lowest BCUT2D eigenvalue weighted by atomic mass is 10.1. The number of aromatic nitrogens is 6. The minimum Gasteiger partial charge on any atom is -0.388 e. The molecule has 0 amide bonds. The zero-order valence-electron chi connectivity index (χ0n) is 14.8. The van der Waals surface area contributed by atoms with Crippen LogP contribution < -0.4 is 5.56 Å². The van der Waals surface area contributed by atoms with Gasteiger partial charge in [-0.05, 0) is 17.7 Å². The van der Waals surface area contributed by atoms with Crippen LogP contribution in [0.2, 0.25) is 10.0 Å². The third kappa shape index (κ3) is 4.21. The van der Waals surface area contributed by atoms with Gasteiger partial charge in [-0.2, -0.15) is 10.1 Å². The largest absolute Gasteiger partial charge is 0.388 e. The Labute approximate surface area is 173 Å². The van der Waals surface area contributed by atoms with Gasteiger partial charge in [0.2, 0.25) is 5.89 Å². The molecule has 3 aromatic heterocycles. The molecule has 4 rings (SSSR count). The molecule has 11 heteroatoms. The first kappa shape index (κ1) is 19.3. The zero-order valence-corrected chi connectivity index (χ0v) is 16.3. The first-order valence-corrected chi connectivity index (χ1v) is 9.26. The molecule has 9 nitrogen and oxygen atoms in total. The Morgan fingerprint density at radius 1 is 1.24 bits per heavy atom. The highest BCUT2D eigenvalue weighted by molar-refractivity contribution is 6.32. The summed E-state index contributed by atoms with van der Waals surface area (Å²) in [5.74, 6) is 0.504. The summed E-state index contributed by atoms with van der Waals surface area (Å²) in [7, 11) is 0. The van der Waals surface area contributed by atoms with E-state index < -0.39 is 11.7 Å². The van der Waals surface area contributed by atoms with Crippen molar-refractivity contribution in [1.29, 1.82) is 0 Å². The molecular weight excluding hydrogens is 419 g/mol. The maximum absolute atomic E-state index is 12.5. The molecule has 3 heterocycles. The van der Waals surface area contributed by atoms with E-state index in [-0.39, 0.29) is 23.9 Å². The van der Waals surface area contributed by atoms with E-state index in [2.05, 4.69) is 25.3 Å². The standard InChI is InChI=1S/C18H14Cl2N6O3/c19-12-3-1-10(2-4-12)13(27)5-14-24-15(29-25-14)8-26-9-21-17(16(20)18(26)28)11-6-22-23-7-11/h1-4,6-7,9,13,27H,5,8H2,(H,22,23). The van der Waals surface area contributed by atoms with Crippen LogP contribution in [-0.2, 0) is 13.0 Å². The Hall–Kier alpha value is -3.01. The highest BCUT2D eigenvalue weighted by atomic mass is 35.5. The lowest BCUT2D eigenvalue weighted by molar-refractivity contribution is 0.174. The summed E-state index contributed by atoms with van der Waals surface area (Å²) in [4.78, 5) is 20.9. The van der Waals surface area contributed by atoms with Crippen LogP contribution in [0, 0.1) is 0 Å². The molecule has 0 radical (unpaired) electrons. The van der Waals surface area contributed by atoms with Crippen molar-refractivity contribution in [3.05, 3.63) is 80.7 Å². The number of aromatic amines is 1. The second-order valence-corrected chi connectivity index (χ2v) is 7.02. The number of rotatable bonds is 6. The molecule has 0 aliphatic rings. The minimum atomic E-state index is -0.814. The number of aliphatic hydroxyl groups is 1. The third-order valence-electron chi connectivity index (χ3n) is 4.20. The third-order valence-corrected chi connectivity index (χ3v) is 4.79. The van der Waals surface area contributed by atoms with Crippen molar-refractivity contribution in [3.8, 4) is 11.3 Å². The van der Waals surface area contributed by atoms with Crippen LogP contribution in [0.15, 0.2) is 52.3 Å². The number of halogens is 2. The van der Waals surface area contributed by atoms with Crippen molar-refractivity contribution in [2.24, 2.45) is 0 Å². The number of nitrogens with zero attached hydrogens (tertiary/aromatic N) is 5. The molecule has 0 saturated carbocycles. The van der Waals surface area contributed by atoms with Crippen LogP contribution in [-0.4, -0.2) is 35.0 Å². The molecule has 29 heavy (non-hydrogen) atoms. The lowest BCUT2D eigenvalue weighted by Crippen LogP contribution is -2.22. The average Bonchev–Trinajstić information content (AvgIpc) is 3.38. The van der Waals surface area contributed by atoms with Crippen LogP contribution in [0.1, 0.15) is 23.4 Å². The predicted octanol–water partition coefficient (Wildman–Crippen LogP) is 2.65. The molecule has 1 atom stereocenters. The maximum Gasteiger partial charge on any atom is 0.273 e. The number of hydrogen-bond donors (Lipinski definition) is 2. The molecule has 0 spiro atoms. The summed E-state index contributed by atoms with van der Waals surface area (Å²) in [5.41, 5.74) is 1.18. The van der Waals surface area contributed by atoms with Gasteiger partial charge in [0.15, 0.2) is 5.82 Å². The Morgan fingerprint density at radius 2 is 2.03 bits per heavy atom. The summed E-state index contributed by atoms with van der Waals surface area (Å²) in [6.45, 7) is 0.00125. The van der Waals surface area contributed by atoms with Gasteiger partial charge in [-0.15, -0.1) is 0 Å². The van der Waals surface area contributed by atoms with E-state index in [9.17, 15) is 9.90 Å². The highest BCUT2D eigenvalue weighted by Crippen LogP contribution is 2.21. The van der Waals surface area contributed by atoms with E-state index in [1.807, 2.05) is 0 Å². The van der Waals surface area contributed by atoms with Crippen molar-refractivity contribution in [1.82, 2.24) is 29.9 Å². The molecule has 1 unspecified atom stereocenters. The van der Waals surface area contributed by atoms with Crippen LogP contribution in [0.5, 0.6) is 0 Å². The van der Waals surface area contributed by atoms with Gasteiger partial charge in [0.25, 0.3) is 5.56 Å². The minimum absolute atomic E-state index is 0.00125. The molecule has 0 aliphatic carbocycles. The lowest BCUT2D eigenvalue weighted by Gasteiger charge is -2.08. The fraction of sp³-hybridized carbons (Fsp3) is 0.167. The van der Waals surface area contributed by atoms with Crippen LogP contribution in [0.25, 0.3) is 11.3 Å². The Kier molecular flexibility index (Phi) is 5.43. The first-order chi connectivity index (χ1) is 14.0. The van der Waals surface area contributed by atoms with Crippen LogP contribution in [0.3, 0.4) is 0 Å². The number of aliphatic hydroxyl groups excluding tert-OH is 1. The Balaban J connectivity index is 1.48. The van der Waals surface area contributed by atoms with E-state index in [1.165, 1.54) is 17.1 Å². The summed E-state index contributed by atoms with van der Waals surface area (Å²) < 4.78 is 6.45. The van der Waals surface area contributed by atoms with Gasteiger partial charge in [0, 0.05) is 23.2 Å². The second-order valence-electron chi connectivity index (χ2n) is 6.20. The molecule has 4 aromatic rings. The molecule has 0 saturated heterocycles. The van der Waals surface area contributed by atoms with E-state index in [0.29, 0.717) is 27.7 Å². The van der Waals surface area contributed by atoms with Gasteiger partial charge >= 0.3 is 0 Å². The topological polar surface area (TPSA) is 123 Å². The Bertz CT molecular complexity index is 1170. The van der Waals surface area contributed by atoms with Crippen molar-refractivity contribution < 1.29 is 9.63 Å². The summed E-state index contributed by atoms with van der Waals surface area (Å²) in [5, 5.41) is 21.2. The van der Waals surface area contributed by atoms with Crippen LogP contribution >= 0.6 is 23.2 Å². The monoisotopic (exact) mass is 432 g/mol. The van der Waals surface area contributed by atoms with E-state index in [4.69, 9.17) is 27.7 Å².